The molecule has 0 fully saturated rings. The number of amides is 1. The van der Waals surface area contributed by atoms with E-state index in [1.165, 1.54) is 12.1 Å². The molecule has 6 nitrogen and oxygen atoms in total. The predicted molar refractivity (Wildman–Crippen MR) is 75.6 cm³/mol. The summed E-state index contributed by atoms with van der Waals surface area (Å²) in [6.45, 7) is 0. The smallest absolute Gasteiger partial charge is 0.292 e. The van der Waals surface area contributed by atoms with Crippen molar-refractivity contribution >= 4 is 17.3 Å². The van der Waals surface area contributed by atoms with Crippen molar-refractivity contribution in [3.63, 3.8) is 0 Å². The van der Waals surface area contributed by atoms with Gasteiger partial charge in [0.2, 0.25) is 0 Å². The number of carbonyl (C=O) groups is 1. The zero-order valence-electron chi connectivity index (χ0n) is 11.7. The van der Waals surface area contributed by atoms with Crippen LogP contribution in [0.2, 0.25) is 0 Å². The molecule has 10 heteroatoms. The minimum absolute atomic E-state index is 0.0722. The lowest BCUT2D eigenvalue weighted by atomic mass is 10.1. The lowest BCUT2D eigenvalue weighted by Gasteiger charge is -2.11. The van der Waals surface area contributed by atoms with Crippen LogP contribution in [0.15, 0.2) is 42.5 Å². The molecular formula is C14H9F4N3O3. The summed E-state index contributed by atoms with van der Waals surface area (Å²) >= 11 is 0. The Morgan fingerprint density at radius 3 is 2.42 bits per heavy atom. The van der Waals surface area contributed by atoms with Gasteiger partial charge in [-0.2, -0.15) is 13.2 Å². The highest BCUT2D eigenvalue weighted by molar-refractivity contribution is 5.95. The molecule has 0 aromatic heterocycles. The van der Waals surface area contributed by atoms with E-state index in [2.05, 4.69) is 10.9 Å². The van der Waals surface area contributed by atoms with Crippen LogP contribution in [0, 0.1) is 15.9 Å². The van der Waals surface area contributed by atoms with Crippen LogP contribution in [-0.4, -0.2) is 10.8 Å². The molecule has 0 spiro atoms. The SMILES string of the molecule is O=C(NNc1ccc(C(F)(F)F)cc1[N+](=O)[O-])c1cccc(F)c1. The molecule has 2 aromatic carbocycles. The van der Waals surface area contributed by atoms with Gasteiger partial charge in [-0.3, -0.25) is 25.8 Å². The van der Waals surface area contributed by atoms with Crippen LogP contribution in [0.5, 0.6) is 0 Å². The summed E-state index contributed by atoms with van der Waals surface area (Å²) in [6, 6.07) is 6.41. The van der Waals surface area contributed by atoms with Crippen LogP contribution >= 0.6 is 0 Å². The fourth-order valence-electron chi connectivity index (χ4n) is 1.79. The number of carbonyl (C=O) groups excluding carboxylic acids is 1. The van der Waals surface area contributed by atoms with Crippen molar-refractivity contribution in [1.82, 2.24) is 5.43 Å². The van der Waals surface area contributed by atoms with Crippen molar-refractivity contribution in [2.75, 3.05) is 5.43 Å². The third-order valence-corrected chi connectivity index (χ3v) is 2.92. The second kappa shape index (κ2) is 6.52. The van der Waals surface area contributed by atoms with Gasteiger partial charge in [0.05, 0.1) is 10.5 Å². The van der Waals surface area contributed by atoms with E-state index in [9.17, 15) is 32.5 Å². The van der Waals surface area contributed by atoms with Gasteiger partial charge in [0.15, 0.2) is 0 Å². The van der Waals surface area contributed by atoms with E-state index in [-0.39, 0.29) is 11.3 Å². The molecule has 0 saturated heterocycles. The van der Waals surface area contributed by atoms with Crippen LogP contribution in [0.4, 0.5) is 28.9 Å². The summed E-state index contributed by atoms with van der Waals surface area (Å²) in [7, 11) is 0. The maximum absolute atomic E-state index is 13.0. The van der Waals surface area contributed by atoms with E-state index in [1.54, 1.807) is 0 Å². The third-order valence-electron chi connectivity index (χ3n) is 2.92. The first-order valence-electron chi connectivity index (χ1n) is 6.36. The van der Waals surface area contributed by atoms with E-state index >= 15 is 0 Å². The largest absolute Gasteiger partial charge is 0.416 e. The predicted octanol–water partition coefficient (Wildman–Crippen LogP) is 3.51. The summed E-state index contributed by atoms with van der Waals surface area (Å²) < 4.78 is 50.8. The molecule has 0 aliphatic heterocycles. The Balaban J connectivity index is 2.20. The van der Waals surface area contributed by atoms with Gasteiger partial charge in [-0.1, -0.05) is 6.07 Å². The molecular weight excluding hydrogens is 334 g/mol. The van der Waals surface area contributed by atoms with E-state index in [0.717, 1.165) is 18.2 Å². The minimum atomic E-state index is -4.74. The second-order valence-corrected chi connectivity index (χ2v) is 4.58. The molecule has 0 aliphatic carbocycles. The van der Waals surface area contributed by atoms with Gasteiger partial charge in [-0.05, 0) is 30.3 Å². The lowest BCUT2D eigenvalue weighted by Crippen LogP contribution is -2.29. The average Bonchev–Trinajstić information content (AvgIpc) is 2.51. The number of nitro benzene ring substituents is 1. The van der Waals surface area contributed by atoms with Gasteiger partial charge in [0.1, 0.15) is 11.5 Å². The first-order chi connectivity index (χ1) is 11.2. The maximum Gasteiger partial charge on any atom is 0.416 e. The first-order valence-corrected chi connectivity index (χ1v) is 6.36. The van der Waals surface area contributed by atoms with Gasteiger partial charge < -0.3 is 0 Å². The van der Waals surface area contributed by atoms with Crippen LogP contribution < -0.4 is 10.9 Å². The Kier molecular flexibility index (Phi) is 4.67. The van der Waals surface area contributed by atoms with Gasteiger partial charge in [-0.25, -0.2) is 4.39 Å². The van der Waals surface area contributed by atoms with Crippen LogP contribution in [0.3, 0.4) is 0 Å². The normalized spacial score (nSPS) is 11.0. The molecule has 0 bridgehead atoms. The van der Waals surface area contributed by atoms with Gasteiger partial charge in [0, 0.05) is 11.6 Å². The summed E-state index contributed by atoms with van der Waals surface area (Å²) in [6.07, 6.45) is -4.74. The molecule has 0 atom stereocenters. The maximum atomic E-state index is 13.0. The standard InChI is InChI=1S/C14H9F4N3O3/c15-10-3-1-2-8(6-10)13(22)20-19-11-5-4-9(14(16,17)18)7-12(11)21(23)24/h1-7,19H,(H,20,22). The number of halogens is 4. The number of alkyl halides is 3. The first kappa shape index (κ1) is 17.2. The molecule has 0 unspecified atom stereocenters. The van der Waals surface area contributed by atoms with Crippen molar-refractivity contribution in [2.45, 2.75) is 6.18 Å². The monoisotopic (exact) mass is 343 g/mol. The van der Waals surface area contributed by atoms with Crippen molar-refractivity contribution in [3.8, 4) is 0 Å². The number of benzene rings is 2. The Hall–Kier alpha value is -3.17. The van der Waals surface area contributed by atoms with Gasteiger partial charge in [0.25, 0.3) is 11.6 Å². The Morgan fingerprint density at radius 1 is 1.12 bits per heavy atom. The molecule has 2 aromatic rings. The number of hydrogen-bond donors (Lipinski definition) is 2. The molecule has 0 radical (unpaired) electrons. The fraction of sp³-hybridized carbons (Fsp3) is 0.0714. The Labute approximate surface area is 132 Å². The van der Waals surface area contributed by atoms with Crippen molar-refractivity contribution < 1.29 is 27.3 Å². The average molecular weight is 343 g/mol. The van der Waals surface area contributed by atoms with E-state index < -0.39 is 34.1 Å². The summed E-state index contributed by atoms with van der Waals surface area (Å²) in [4.78, 5) is 21.7. The lowest BCUT2D eigenvalue weighted by molar-refractivity contribution is -0.384. The molecule has 126 valence electrons. The highest BCUT2D eigenvalue weighted by Gasteiger charge is 2.33. The highest BCUT2D eigenvalue weighted by Crippen LogP contribution is 2.34. The Morgan fingerprint density at radius 2 is 1.83 bits per heavy atom. The molecule has 24 heavy (non-hydrogen) atoms. The Bertz CT molecular complexity index is 793. The zero-order chi connectivity index (χ0) is 17.9. The summed E-state index contributed by atoms with van der Waals surface area (Å²) in [5.41, 5.74) is 1.72. The minimum Gasteiger partial charge on any atom is -0.292 e. The zero-order valence-corrected chi connectivity index (χ0v) is 11.7. The number of anilines is 1. The molecule has 0 heterocycles. The van der Waals surface area contributed by atoms with E-state index in [4.69, 9.17) is 0 Å². The number of nitrogens with one attached hydrogen (secondary N) is 2. The van der Waals surface area contributed by atoms with E-state index in [0.29, 0.717) is 12.1 Å². The van der Waals surface area contributed by atoms with Crippen molar-refractivity contribution in [1.29, 1.82) is 0 Å². The second-order valence-electron chi connectivity index (χ2n) is 4.58. The molecule has 1 amide bonds. The van der Waals surface area contributed by atoms with Crippen molar-refractivity contribution in [2.24, 2.45) is 0 Å². The number of hydrazine groups is 1. The molecule has 0 saturated carbocycles. The van der Waals surface area contributed by atoms with Crippen LogP contribution in [0.25, 0.3) is 0 Å². The van der Waals surface area contributed by atoms with Crippen molar-refractivity contribution in [3.05, 3.63) is 69.5 Å². The van der Waals surface area contributed by atoms with Gasteiger partial charge in [-0.15, -0.1) is 0 Å². The molecule has 2 rings (SSSR count). The number of nitrogens with zero attached hydrogens (tertiary/aromatic N) is 1. The third kappa shape index (κ3) is 3.97. The van der Waals surface area contributed by atoms with Gasteiger partial charge >= 0.3 is 6.18 Å². The summed E-state index contributed by atoms with van der Waals surface area (Å²) in [5, 5.41) is 10.9. The van der Waals surface area contributed by atoms with E-state index in [1.807, 2.05) is 0 Å². The highest BCUT2D eigenvalue weighted by atomic mass is 19.4. The quantitative estimate of drug-likeness (QED) is 0.505. The molecule has 2 N–H and O–H groups in total. The number of nitro groups is 1. The number of hydrogen-bond acceptors (Lipinski definition) is 4. The molecule has 0 aliphatic rings. The number of rotatable bonds is 4. The summed E-state index contributed by atoms with van der Waals surface area (Å²) in [5.74, 6) is -1.48. The van der Waals surface area contributed by atoms with Crippen LogP contribution in [0.1, 0.15) is 15.9 Å². The fourth-order valence-corrected chi connectivity index (χ4v) is 1.79. The topological polar surface area (TPSA) is 84.3 Å². The van der Waals surface area contributed by atoms with Crippen LogP contribution in [-0.2, 0) is 6.18 Å².